The van der Waals surface area contributed by atoms with Gasteiger partial charge in [-0.2, -0.15) is 0 Å². The molecular formula is C18H23NO6. The van der Waals surface area contributed by atoms with Crippen LogP contribution in [0, 0.1) is 17.3 Å². The van der Waals surface area contributed by atoms with E-state index >= 15 is 0 Å². The third-order valence-electron chi connectivity index (χ3n) is 5.35. The van der Waals surface area contributed by atoms with E-state index in [1.807, 2.05) is 12.2 Å². The third kappa shape index (κ3) is 2.04. The second kappa shape index (κ2) is 6.28. The fourth-order valence-corrected chi connectivity index (χ4v) is 4.47. The number of carbonyl (C=O) groups excluding carboxylic acids is 3. The molecule has 25 heavy (non-hydrogen) atoms. The molecule has 4 aliphatic rings. The van der Waals surface area contributed by atoms with Crippen molar-refractivity contribution in [3.63, 3.8) is 0 Å². The molecular weight excluding hydrogens is 326 g/mol. The van der Waals surface area contributed by atoms with Crippen LogP contribution in [0.2, 0.25) is 0 Å². The highest BCUT2D eigenvalue weighted by atomic mass is 16.5. The van der Waals surface area contributed by atoms with Crippen LogP contribution in [0.1, 0.15) is 33.6 Å². The summed E-state index contributed by atoms with van der Waals surface area (Å²) in [5.74, 6) is -2.99. The van der Waals surface area contributed by atoms with E-state index < -0.39 is 40.5 Å². The lowest BCUT2D eigenvalue weighted by Crippen LogP contribution is -2.69. The number of esters is 2. The zero-order chi connectivity index (χ0) is 18.2. The van der Waals surface area contributed by atoms with E-state index in [4.69, 9.17) is 14.2 Å². The first-order valence-corrected chi connectivity index (χ1v) is 8.80. The number of hydrogen-bond acceptors (Lipinski definition) is 7. The number of rotatable bonds is 5. The second-order valence-electron chi connectivity index (χ2n) is 6.37. The molecule has 4 rings (SSSR count). The average molecular weight is 349 g/mol. The van der Waals surface area contributed by atoms with Crippen molar-refractivity contribution in [2.24, 2.45) is 22.2 Å². The summed E-state index contributed by atoms with van der Waals surface area (Å²) in [5, 5.41) is 0. The number of hydrogen-bond donors (Lipinski definition) is 0. The predicted molar refractivity (Wildman–Crippen MR) is 87.9 cm³/mol. The first-order chi connectivity index (χ1) is 12.0. The molecule has 3 aliphatic carbocycles. The molecule has 7 nitrogen and oxygen atoms in total. The maximum Gasteiger partial charge on any atom is 0.336 e. The Hall–Kier alpha value is -2.18. The molecule has 0 amide bonds. The van der Waals surface area contributed by atoms with E-state index in [2.05, 4.69) is 4.99 Å². The average Bonchev–Trinajstić information content (AvgIpc) is 2.90. The highest BCUT2D eigenvalue weighted by Crippen LogP contribution is 2.61. The van der Waals surface area contributed by atoms with Crippen LogP contribution in [0.5, 0.6) is 0 Å². The lowest BCUT2D eigenvalue weighted by molar-refractivity contribution is -0.183. The Morgan fingerprint density at radius 2 is 1.64 bits per heavy atom. The Kier molecular flexibility index (Phi) is 4.43. The molecule has 0 unspecified atom stereocenters. The molecule has 1 saturated carbocycles. The Bertz CT molecular complexity index is 668. The second-order valence-corrected chi connectivity index (χ2v) is 6.37. The maximum atomic E-state index is 13.3. The first-order valence-electron chi connectivity index (χ1n) is 8.80. The zero-order valence-electron chi connectivity index (χ0n) is 14.7. The van der Waals surface area contributed by atoms with Crippen molar-refractivity contribution in [3.8, 4) is 0 Å². The molecule has 4 atom stereocenters. The van der Waals surface area contributed by atoms with E-state index in [0.29, 0.717) is 12.8 Å². The minimum atomic E-state index is -1.72. The molecule has 2 bridgehead atoms. The number of Topliss-reactive ketones (excluding diaryl/α,β-unsaturated/α-hetero) is 1. The van der Waals surface area contributed by atoms with Crippen LogP contribution in [0.15, 0.2) is 17.1 Å². The first kappa shape index (κ1) is 17.6. The molecule has 136 valence electrons. The summed E-state index contributed by atoms with van der Waals surface area (Å²) in [5.41, 5.74) is -3.36. The Labute approximate surface area is 146 Å². The number of ketones is 1. The van der Waals surface area contributed by atoms with Crippen molar-refractivity contribution >= 4 is 23.6 Å². The Balaban J connectivity index is 2.25. The van der Waals surface area contributed by atoms with E-state index in [1.54, 1.807) is 20.8 Å². The number of nitrogens with zero attached hydrogens (tertiary/aromatic N) is 1. The smallest absolute Gasteiger partial charge is 0.336 e. The fourth-order valence-electron chi connectivity index (χ4n) is 4.47. The van der Waals surface area contributed by atoms with Gasteiger partial charge in [0.1, 0.15) is 0 Å². The maximum absolute atomic E-state index is 13.3. The summed E-state index contributed by atoms with van der Waals surface area (Å²) in [7, 11) is 0. The van der Waals surface area contributed by atoms with Crippen molar-refractivity contribution < 1.29 is 28.6 Å². The van der Waals surface area contributed by atoms with Crippen molar-refractivity contribution in [1.29, 1.82) is 0 Å². The SMILES string of the molecule is CCOC(=O)[C@@]12C(=O)C(OCC)=N[C@]1(C(=O)OCC)[C@@H]1C=C[C@H]2CC1. The number of ether oxygens (including phenoxy) is 3. The Morgan fingerprint density at radius 1 is 1.04 bits per heavy atom. The highest BCUT2D eigenvalue weighted by Gasteiger charge is 2.79. The van der Waals surface area contributed by atoms with Crippen LogP contribution in [0.3, 0.4) is 0 Å². The third-order valence-corrected chi connectivity index (χ3v) is 5.35. The molecule has 1 fully saturated rings. The van der Waals surface area contributed by atoms with Gasteiger partial charge >= 0.3 is 11.9 Å². The molecule has 1 heterocycles. The van der Waals surface area contributed by atoms with Crippen molar-refractivity contribution in [2.45, 2.75) is 39.2 Å². The number of aliphatic imine (C=N–C) groups is 1. The summed E-state index contributed by atoms with van der Waals surface area (Å²) in [6.07, 6.45) is 4.97. The minimum absolute atomic E-state index is 0.109. The number of carbonyl (C=O) groups is 3. The lowest BCUT2D eigenvalue weighted by Gasteiger charge is -2.52. The van der Waals surface area contributed by atoms with Gasteiger partial charge in [0.15, 0.2) is 11.0 Å². The van der Waals surface area contributed by atoms with Gasteiger partial charge in [-0.25, -0.2) is 9.79 Å². The van der Waals surface area contributed by atoms with Crippen molar-refractivity contribution in [3.05, 3.63) is 12.2 Å². The topological polar surface area (TPSA) is 91.3 Å². The molecule has 0 aromatic rings. The minimum Gasteiger partial charge on any atom is -0.476 e. The summed E-state index contributed by atoms with van der Waals surface area (Å²) >= 11 is 0. The highest BCUT2D eigenvalue weighted by molar-refractivity contribution is 6.46. The summed E-state index contributed by atoms with van der Waals surface area (Å²) in [6, 6.07) is 0. The van der Waals surface area contributed by atoms with E-state index in [9.17, 15) is 14.4 Å². The molecule has 1 aliphatic heterocycles. The zero-order valence-corrected chi connectivity index (χ0v) is 14.7. The molecule has 0 radical (unpaired) electrons. The number of allylic oxidation sites excluding steroid dienone is 1. The van der Waals surface area contributed by atoms with Gasteiger partial charge in [0.2, 0.25) is 5.78 Å². The van der Waals surface area contributed by atoms with Gasteiger partial charge in [0.25, 0.3) is 5.90 Å². The van der Waals surface area contributed by atoms with Gasteiger partial charge in [-0.15, -0.1) is 0 Å². The lowest BCUT2D eigenvalue weighted by atomic mass is 9.48. The van der Waals surface area contributed by atoms with E-state index in [1.165, 1.54) is 0 Å². The van der Waals surface area contributed by atoms with Gasteiger partial charge in [-0.05, 0) is 33.6 Å². The van der Waals surface area contributed by atoms with Crippen LogP contribution in [-0.4, -0.2) is 49.0 Å². The fraction of sp³-hybridized carbons (Fsp3) is 0.667. The van der Waals surface area contributed by atoms with Crippen LogP contribution >= 0.6 is 0 Å². The largest absolute Gasteiger partial charge is 0.476 e. The van der Waals surface area contributed by atoms with Gasteiger partial charge in [-0.1, -0.05) is 12.2 Å². The van der Waals surface area contributed by atoms with Crippen LogP contribution in [-0.2, 0) is 28.6 Å². The molecule has 0 aromatic heterocycles. The van der Waals surface area contributed by atoms with Gasteiger partial charge in [-0.3, -0.25) is 9.59 Å². The Morgan fingerprint density at radius 3 is 2.20 bits per heavy atom. The summed E-state index contributed by atoms with van der Waals surface area (Å²) in [4.78, 5) is 43.8. The molecule has 0 aromatic carbocycles. The van der Waals surface area contributed by atoms with Gasteiger partial charge < -0.3 is 14.2 Å². The normalized spacial score (nSPS) is 35.2. The molecule has 0 saturated heterocycles. The van der Waals surface area contributed by atoms with Crippen molar-refractivity contribution in [2.75, 3.05) is 19.8 Å². The van der Waals surface area contributed by atoms with Crippen LogP contribution < -0.4 is 0 Å². The molecule has 0 spiro atoms. The molecule has 7 heteroatoms. The van der Waals surface area contributed by atoms with E-state index in [-0.39, 0.29) is 25.7 Å². The van der Waals surface area contributed by atoms with Crippen LogP contribution in [0.4, 0.5) is 0 Å². The summed E-state index contributed by atoms with van der Waals surface area (Å²) in [6.45, 7) is 5.53. The monoisotopic (exact) mass is 349 g/mol. The molecule has 0 N–H and O–H groups in total. The van der Waals surface area contributed by atoms with Gasteiger partial charge in [0, 0.05) is 11.8 Å². The van der Waals surface area contributed by atoms with Gasteiger partial charge in [0.05, 0.1) is 19.8 Å². The van der Waals surface area contributed by atoms with E-state index in [0.717, 1.165) is 0 Å². The predicted octanol–water partition coefficient (Wildman–Crippen LogP) is 1.45. The quantitative estimate of drug-likeness (QED) is 0.424. The standard InChI is InChI=1S/C18H23NO6/c1-4-23-14-13(20)17(15(21)24-5-2)11-7-9-12(10-8-11)18(17,19-14)16(22)25-6-3/h7,9,11-12H,4-6,8,10H2,1-3H3/t11-,12+,17+,18-/m0/s1. The van der Waals surface area contributed by atoms with Crippen molar-refractivity contribution in [1.82, 2.24) is 0 Å². The number of fused-ring (bicyclic) bond motifs is 1. The van der Waals surface area contributed by atoms with Crippen LogP contribution in [0.25, 0.3) is 0 Å². The summed E-state index contributed by atoms with van der Waals surface area (Å²) < 4.78 is 15.9.